The molecule has 0 saturated heterocycles. The average molecular weight is 212 g/mol. The van der Waals surface area contributed by atoms with E-state index in [2.05, 4.69) is 5.43 Å². The van der Waals surface area contributed by atoms with Crippen molar-refractivity contribution >= 4 is 0 Å². The fraction of sp³-hybridized carbons (Fsp3) is 0.455. The Balaban J connectivity index is 2.78. The third-order valence-corrected chi connectivity index (χ3v) is 2.27. The average Bonchev–Trinajstić information content (AvgIpc) is 2.24. The van der Waals surface area contributed by atoms with Crippen LogP contribution in [0.5, 0.6) is 0 Å². The molecule has 0 aliphatic carbocycles. The minimum atomic E-state index is -0.203. The standard InChI is InChI=1S/C11H17FN2O/c1-3-15-7-11(14-13)9-4-5-10(12)8(2)6-9/h4-6,11,14H,3,7,13H2,1-2H3. The van der Waals surface area contributed by atoms with Gasteiger partial charge in [0.2, 0.25) is 0 Å². The number of aryl methyl sites for hydroxylation is 1. The number of benzene rings is 1. The van der Waals surface area contributed by atoms with Gasteiger partial charge in [-0.25, -0.2) is 4.39 Å². The first kappa shape index (κ1) is 12.1. The number of nitrogens with one attached hydrogen (secondary N) is 1. The van der Waals surface area contributed by atoms with Crippen LogP contribution in [-0.2, 0) is 4.74 Å². The number of hydrogen-bond acceptors (Lipinski definition) is 3. The quantitative estimate of drug-likeness (QED) is 0.576. The Morgan fingerprint density at radius 2 is 2.27 bits per heavy atom. The van der Waals surface area contributed by atoms with Crippen LogP contribution in [0.2, 0.25) is 0 Å². The van der Waals surface area contributed by atoms with Crippen LogP contribution in [-0.4, -0.2) is 13.2 Å². The molecular weight excluding hydrogens is 195 g/mol. The minimum Gasteiger partial charge on any atom is -0.380 e. The molecule has 0 aromatic heterocycles. The summed E-state index contributed by atoms with van der Waals surface area (Å²) < 4.78 is 18.3. The highest BCUT2D eigenvalue weighted by Crippen LogP contribution is 2.16. The first-order valence-electron chi connectivity index (χ1n) is 4.99. The molecule has 1 aromatic carbocycles. The highest BCUT2D eigenvalue weighted by molar-refractivity contribution is 5.26. The Morgan fingerprint density at radius 3 is 2.80 bits per heavy atom. The molecule has 15 heavy (non-hydrogen) atoms. The van der Waals surface area contributed by atoms with Crippen molar-refractivity contribution in [2.45, 2.75) is 19.9 Å². The summed E-state index contributed by atoms with van der Waals surface area (Å²) in [7, 11) is 0. The maximum absolute atomic E-state index is 13.0. The lowest BCUT2D eigenvalue weighted by atomic mass is 10.1. The molecule has 4 heteroatoms. The zero-order valence-electron chi connectivity index (χ0n) is 9.09. The molecule has 0 radical (unpaired) electrons. The van der Waals surface area contributed by atoms with Crippen molar-refractivity contribution in [3.8, 4) is 0 Å². The van der Waals surface area contributed by atoms with E-state index < -0.39 is 0 Å². The van der Waals surface area contributed by atoms with Crippen LogP contribution in [0.1, 0.15) is 24.1 Å². The molecule has 1 unspecified atom stereocenters. The van der Waals surface area contributed by atoms with Crippen LogP contribution < -0.4 is 11.3 Å². The molecule has 3 nitrogen and oxygen atoms in total. The second kappa shape index (κ2) is 5.80. The number of hydrazine groups is 1. The Kier molecular flexibility index (Phi) is 4.68. The SMILES string of the molecule is CCOCC(NN)c1ccc(F)c(C)c1. The minimum absolute atomic E-state index is 0.0933. The summed E-state index contributed by atoms with van der Waals surface area (Å²) in [6, 6.07) is 4.84. The van der Waals surface area contributed by atoms with E-state index in [1.165, 1.54) is 6.07 Å². The topological polar surface area (TPSA) is 47.3 Å². The number of ether oxygens (including phenoxy) is 1. The second-order valence-electron chi connectivity index (χ2n) is 3.39. The van der Waals surface area contributed by atoms with Gasteiger partial charge < -0.3 is 4.74 Å². The Labute approximate surface area is 89.4 Å². The van der Waals surface area contributed by atoms with Crippen molar-refractivity contribution in [2.24, 2.45) is 5.84 Å². The fourth-order valence-electron chi connectivity index (χ4n) is 1.36. The van der Waals surface area contributed by atoms with Gasteiger partial charge in [-0.3, -0.25) is 11.3 Å². The number of halogens is 1. The Hall–Kier alpha value is -0.970. The predicted molar refractivity (Wildman–Crippen MR) is 57.7 cm³/mol. The van der Waals surface area contributed by atoms with Crippen LogP contribution >= 0.6 is 0 Å². The molecule has 0 spiro atoms. The molecular formula is C11H17FN2O. The van der Waals surface area contributed by atoms with Crippen LogP contribution in [0.25, 0.3) is 0 Å². The molecule has 0 aliphatic rings. The maximum atomic E-state index is 13.0. The first-order valence-corrected chi connectivity index (χ1v) is 4.99. The number of hydrogen-bond donors (Lipinski definition) is 2. The summed E-state index contributed by atoms with van der Waals surface area (Å²) >= 11 is 0. The van der Waals surface area contributed by atoms with Gasteiger partial charge in [-0.15, -0.1) is 0 Å². The van der Waals surface area contributed by atoms with Crippen LogP contribution in [0.4, 0.5) is 4.39 Å². The lowest BCUT2D eigenvalue weighted by molar-refractivity contribution is 0.123. The van der Waals surface area contributed by atoms with Gasteiger partial charge in [0.05, 0.1) is 12.6 Å². The van der Waals surface area contributed by atoms with E-state index in [1.54, 1.807) is 19.1 Å². The van der Waals surface area contributed by atoms with Gasteiger partial charge in [0, 0.05) is 6.61 Å². The maximum Gasteiger partial charge on any atom is 0.126 e. The smallest absolute Gasteiger partial charge is 0.126 e. The van der Waals surface area contributed by atoms with Crippen LogP contribution in [0, 0.1) is 12.7 Å². The first-order chi connectivity index (χ1) is 7.19. The van der Waals surface area contributed by atoms with Gasteiger partial charge in [0.25, 0.3) is 0 Å². The van der Waals surface area contributed by atoms with Gasteiger partial charge in [0.15, 0.2) is 0 Å². The molecule has 0 fully saturated rings. The van der Waals surface area contributed by atoms with Crippen molar-refractivity contribution in [2.75, 3.05) is 13.2 Å². The largest absolute Gasteiger partial charge is 0.380 e. The van der Waals surface area contributed by atoms with E-state index >= 15 is 0 Å². The lowest BCUT2D eigenvalue weighted by Gasteiger charge is -2.16. The van der Waals surface area contributed by atoms with Gasteiger partial charge in [-0.1, -0.05) is 12.1 Å². The molecule has 0 saturated carbocycles. The van der Waals surface area contributed by atoms with E-state index in [-0.39, 0.29) is 11.9 Å². The molecule has 84 valence electrons. The van der Waals surface area contributed by atoms with Crippen molar-refractivity contribution in [1.82, 2.24) is 5.43 Å². The summed E-state index contributed by atoms with van der Waals surface area (Å²) in [5.74, 6) is 5.21. The number of rotatable bonds is 5. The molecule has 0 amide bonds. The highest BCUT2D eigenvalue weighted by Gasteiger charge is 2.10. The van der Waals surface area contributed by atoms with Gasteiger partial charge in [-0.05, 0) is 31.0 Å². The van der Waals surface area contributed by atoms with Crippen molar-refractivity contribution in [3.05, 3.63) is 35.1 Å². The highest BCUT2D eigenvalue weighted by atomic mass is 19.1. The predicted octanol–water partition coefficient (Wildman–Crippen LogP) is 1.68. The summed E-state index contributed by atoms with van der Waals surface area (Å²) in [5.41, 5.74) is 4.20. The summed E-state index contributed by atoms with van der Waals surface area (Å²) in [6.07, 6.45) is 0. The van der Waals surface area contributed by atoms with Crippen molar-refractivity contribution in [3.63, 3.8) is 0 Å². The molecule has 3 N–H and O–H groups in total. The van der Waals surface area contributed by atoms with Crippen LogP contribution in [0.15, 0.2) is 18.2 Å². The zero-order chi connectivity index (χ0) is 11.3. The molecule has 1 rings (SSSR count). The van der Waals surface area contributed by atoms with E-state index in [0.717, 1.165) is 5.56 Å². The Bertz CT molecular complexity index is 317. The zero-order valence-corrected chi connectivity index (χ0v) is 9.09. The molecule has 1 aromatic rings. The molecule has 0 bridgehead atoms. The molecule has 1 atom stereocenters. The third kappa shape index (κ3) is 3.27. The van der Waals surface area contributed by atoms with E-state index in [9.17, 15) is 4.39 Å². The van der Waals surface area contributed by atoms with Crippen LogP contribution in [0.3, 0.4) is 0 Å². The third-order valence-electron chi connectivity index (χ3n) is 2.27. The molecule has 0 heterocycles. The lowest BCUT2D eigenvalue weighted by Crippen LogP contribution is -2.31. The monoisotopic (exact) mass is 212 g/mol. The van der Waals surface area contributed by atoms with Gasteiger partial charge in [-0.2, -0.15) is 0 Å². The van der Waals surface area contributed by atoms with E-state index in [1.807, 2.05) is 6.92 Å². The van der Waals surface area contributed by atoms with E-state index in [4.69, 9.17) is 10.6 Å². The summed E-state index contributed by atoms with van der Waals surface area (Å²) in [4.78, 5) is 0. The fourth-order valence-corrected chi connectivity index (χ4v) is 1.36. The normalized spacial score (nSPS) is 12.8. The molecule has 0 aliphatic heterocycles. The van der Waals surface area contributed by atoms with Gasteiger partial charge >= 0.3 is 0 Å². The second-order valence-corrected chi connectivity index (χ2v) is 3.39. The summed E-state index contributed by atoms with van der Waals surface area (Å²) in [5, 5.41) is 0. The summed E-state index contributed by atoms with van der Waals surface area (Å²) in [6.45, 7) is 4.77. The van der Waals surface area contributed by atoms with Crippen molar-refractivity contribution in [1.29, 1.82) is 0 Å². The Morgan fingerprint density at radius 1 is 1.53 bits per heavy atom. The van der Waals surface area contributed by atoms with Gasteiger partial charge in [0.1, 0.15) is 5.82 Å². The van der Waals surface area contributed by atoms with Crippen molar-refractivity contribution < 1.29 is 9.13 Å². The van der Waals surface area contributed by atoms with E-state index in [0.29, 0.717) is 18.8 Å². The number of nitrogens with two attached hydrogens (primary N) is 1.